The summed E-state index contributed by atoms with van der Waals surface area (Å²) in [5.41, 5.74) is 8.90. The second-order valence-electron chi connectivity index (χ2n) is 9.13. The zero-order chi connectivity index (χ0) is 27.4. The van der Waals surface area contributed by atoms with Gasteiger partial charge >= 0.3 is 0 Å². The zero-order valence-electron chi connectivity index (χ0n) is 21.9. The van der Waals surface area contributed by atoms with Gasteiger partial charge in [0.2, 0.25) is 0 Å². The van der Waals surface area contributed by atoms with Crippen LogP contribution in [0.5, 0.6) is 5.75 Å². The van der Waals surface area contributed by atoms with Crippen LogP contribution in [0.4, 0.5) is 5.82 Å². The van der Waals surface area contributed by atoms with Gasteiger partial charge in [-0.05, 0) is 38.9 Å². The van der Waals surface area contributed by atoms with Crippen LogP contribution < -0.4 is 15.4 Å². The predicted octanol–water partition coefficient (Wildman–Crippen LogP) is 6.85. The highest BCUT2D eigenvalue weighted by atomic mass is 35.5. The molecule has 200 valence electrons. The van der Waals surface area contributed by atoms with Crippen LogP contribution in [0.2, 0.25) is 10.0 Å². The van der Waals surface area contributed by atoms with E-state index in [0.29, 0.717) is 15.8 Å². The van der Waals surface area contributed by atoms with Crippen LogP contribution in [-0.2, 0) is 6.61 Å². The third-order valence-electron chi connectivity index (χ3n) is 6.67. The van der Waals surface area contributed by atoms with Crippen molar-refractivity contribution in [2.75, 3.05) is 25.0 Å². The van der Waals surface area contributed by atoms with Gasteiger partial charge in [0.1, 0.15) is 29.5 Å². The van der Waals surface area contributed by atoms with E-state index in [4.69, 9.17) is 32.9 Å². The van der Waals surface area contributed by atoms with Crippen molar-refractivity contribution in [1.29, 1.82) is 0 Å². The lowest BCUT2D eigenvalue weighted by Gasteiger charge is -2.20. The third kappa shape index (κ3) is 5.43. The Morgan fingerprint density at radius 3 is 2.51 bits per heavy atom. The number of nitrogens with zero attached hydrogens (tertiary/aromatic N) is 5. The first kappa shape index (κ1) is 26.9. The number of hydrogen-bond donors (Lipinski definition) is 1. The van der Waals surface area contributed by atoms with Crippen LogP contribution >= 0.6 is 23.2 Å². The SMILES string of the molecule is CN.Cc1cc(-n2ccnc2-c2ccccc2)c2cccc(OCc3c(Cl)cnc(N4CCCC4)c3Cl)c2n1. The molecule has 1 aliphatic heterocycles. The second-order valence-corrected chi connectivity index (χ2v) is 9.91. The maximum absolute atomic E-state index is 6.78. The standard InChI is InChI=1S/C29H25Cl2N5O.CH5N/c1-19-16-24(36-15-12-32-28(36)20-8-3-2-4-9-20)21-10-7-11-25(27(21)34-19)37-18-22-23(30)17-33-29(26(22)31)35-13-5-6-14-35;1-2/h2-4,7-12,15-17H,5-6,13-14,18H2,1H3;2H2,1H3. The van der Waals surface area contributed by atoms with Gasteiger partial charge in [0, 0.05) is 53.9 Å². The minimum absolute atomic E-state index is 0.214. The Hall–Kier alpha value is -3.65. The number of benzene rings is 2. The van der Waals surface area contributed by atoms with Crippen molar-refractivity contribution in [3.8, 4) is 22.8 Å². The van der Waals surface area contributed by atoms with Crippen LogP contribution in [0.3, 0.4) is 0 Å². The molecule has 0 saturated carbocycles. The van der Waals surface area contributed by atoms with Crippen LogP contribution in [-0.4, -0.2) is 39.7 Å². The summed E-state index contributed by atoms with van der Waals surface area (Å²) in [6.07, 6.45) is 7.72. The average molecular weight is 562 g/mol. The molecule has 3 aromatic heterocycles. The van der Waals surface area contributed by atoms with E-state index in [1.165, 1.54) is 7.05 Å². The average Bonchev–Trinajstić information content (AvgIpc) is 3.67. The van der Waals surface area contributed by atoms with Gasteiger partial charge in [-0.1, -0.05) is 65.7 Å². The molecule has 2 aromatic carbocycles. The summed E-state index contributed by atoms with van der Waals surface area (Å²) in [7, 11) is 1.50. The van der Waals surface area contributed by atoms with E-state index in [-0.39, 0.29) is 6.61 Å². The van der Waals surface area contributed by atoms with E-state index in [9.17, 15) is 0 Å². The second kappa shape index (κ2) is 12.0. The Morgan fingerprint density at radius 1 is 0.974 bits per heavy atom. The molecule has 39 heavy (non-hydrogen) atoms. The Balaban J connectivity index is 0.00000151. The molecule has 2 N–H and O–H groups in total. The van der Waals surface area contributed by atoms with Gasteiger partial charge in [-0.2, -0.15) is 0 Å². The van der Waals surface area contributed by atoms with Gasteiger partial charge in [-0.25, -0.2) is 15.0 Å². The van der Waals surface area contributed by atoms with Gasteiger partial charge in [0.05, 0.1) is 15.7 Å². The van der Waals surface area contributed by atoms with Crippen molar-refractivity contribution in [1.82, 2.24) is 19.5 Å². The van der Waals surface area contributed by atoms with E-state index in [0.717, 1.165) is 71.0 Å². The minimum atomic E-state index is 0.214. The first-order valence-corrected chi connectivity index (χ1v) is 13.6. The number of para-hydroxylation sites is 1. The highest BCUT2D eigenvalue weighted by Crippen LogP contribution is 2.36. The van der Waals surface area contributed by atoms with Crippen molar-refractivity contribution in [2.45, 2.75) is 26.4 Å². The van der Waals surface area contributed by atoms with E-state index in [2.05, 4.69) is 49.4 Å². The molecule has 0 unspecified atom stereocenters. The van der Waals surface area contributed by atoms with Gasteiger partial charge in [0.15, 0.2) is 0 Å². The molecule has 9 heteroatoms. The zero-order valence-corrected chi connectivity index (χ0v) is 23.5. The van der Waals surface area contributed by atoms with Gasteiger partial charge < -0.3 is 15.4 Å². The summed E-state index contributed by atoms with van der Waals surface area (Å²) in [5, 5.41) is 2.00. The van der Waals surface area contributed by atoms with E-state index < -0.39 is 0 Å². The molecule has 0 bridgehead atoms. The van der Waals surface area contributed by atoms with Crippen molar-refractivity contribution >= 4 is 39.9 Å². The topological polar surface area (TPSA) is 82.1 Å². The molecular weight excluding hydrogens is 531 g/mol. The molecule has 0 atom stereocenters. The fraction of sp³-hybridized carbons (Fsp3) is 0.233. The summed E-state index contributed by atoms with van der Waals surface area (Å²) in [6.45, 7) is 4.09. The van der Waals surface area contributed by atoms with Crippen molar-refractivity contribution in [3.63, 3.8) is 0 Å². The van der Waals surface area contributed by atoms with Crippen molar-refractivity contribution in [2.24, 2.45) is 5.73 Å². The number of halogens is 2. The number of fused-ring (bicyclic) bond motifs is 1. The molecule has 5 aromatic rings. The quantitative estimate of drug-likeness (QED) is 0.244. The molecular formula is C30H30Cl2N6O. The predicted molar refractivity (Wildman–Crippen MR) is 159 cm³/mol. The summed E-state index contributed by atoms with van der Waals surface area (Å²) in [6, 6.07) is 18.2. The molecule has 0 aliphatic carbocycles. The van der Waals surface area contributed by atoms with Crippen molar-refractivity contribution < 1.29 is 4.74 Å². The number of anilines is 1. The summed E-state index contributed by atoms with van der Waals surface area (Å²) >= 11 is 13.3. The molecule has 0 amide bonds. The number of aryl methyl sites for hydroxylation is 1. The van der Waals surface area contributed by atoms with Gasteiger partial charge in [-0.15, -0.1) is 0 Å². The van der Waals surface area contributed by atoms with Crippen molar-refractivity contribution in [3.05, 3.63) is 94.5 Å². The number of imidazole rings is 1. The van der Waals surface area contributed by atoms with Crippen LogP contribution in [0, 0.1) is 6.92 Å². The maximum Gasteiger partial charge on any atom is 0.147 e. The Bertz CT molecular complexity index is 1580. The lowest BCUT2D eigenvalue weighted by Crippen LogP contribution is -2.20. The largest absolute Gasteiger partial charge is 0.487 e. The van der Waals surface area contributed by atoms with Crippen LogP contribution in [0.15, 0.2) is 73.2 Å². The minimum Gasteiger partial charge on any atom is -0.487 e. The lowest BCUT2D eigenvalue weighted by atomic mass is 10.1. The molecule has 7 nitrogen and oxygen atoms in total. The number of nitrogens with two attached hydrogens (primary N) is 1. The fourth-order valence-corrected chi connectivity index (χ4v) is 5.44. The monoisotopic (exact) mass is 560 g/mol. The lowest BCUT2D eigenvalue weighted by molar-refractivity contribution is 0.309. The molecule has 1 fully saturated rings. The number of hydrogen-bond acceptors (Lipinski definition) is 6. The number of ether oxygens (including phenoxy) is 1. The number of pyridine rings is 2. The van der Waals surface area contributed by atoms with E-state index in [1.807, 2.05) is 49.6 Å². The van der Waals surface area contributed by atoms with Gasteiger partial charge in [-0.3, -0.25) is 4.57 Å². The molecule has 4 heterocycles. The summed E-state index contributed by atoms with van der Waals surface area (Å²) < 4.78 is 8.42. The first-order valence-electron chi connectivity index (χ1n) is 12.9. The van der Waals surface area contributed by atoms with Gasteiger partial charge in [0.25, 0.3) is 0 Å². The van der Waals surface area contributed by atoms with E-state index in [1.54, 1.807) is 6.20 Å². The Labute approximate surface area is 238 Å². The first-order chi connectivity index (χ1) is 19.1. The number of rotatable bonds is 6. The normalized spacial score (nSPS) is 12.9. The maximum atomic E-state index is 6.78. The molecule has 0 spiro atoms. The third-order valence-corrected chi connectivity index (χ3v) is 7.39. The Kier molecular flexibility index (Phi) is 8.31. The summed E-state index contributed by atoms with van der Waals surface area (Å²) in [5.74, 6) is 2.30. The summed E-state index contributed by atoms with van der Waals surface area (Å²) in [4.78, 5) is 16.2. The molecule has 1 saturated heterocycles. The van der Waals surface area contributed by atoms with E-state index >= 15 is 0 Å². The fourth-order valence-electron chi connectivity index (χ4n) is 4.87. The van der Waals surface area contributed by atoms with Crippen LogP contribution in [0.25, 0.3) is 28.0 Å². The molecule has 1 aliphatic rings. The highest BCUT2D eigenvalue weighted by molar-refractivity contribution is 6.37. The highest BCUT2D eigenvalue weighted by Gasteiger charge is 2.21. The smallest absolute Gasteiger partial charge is 0.147 e. The molecule has 0 radical (unpaired) electrons. The molecule has 6 rings (SSSR count). The Morgan fingerprint density at radius 2 is 1.74 bits per heavy atom. The number of aromatic nitrogens is 4. The van der Waals surface area contributed by atoms with Crippen LogP contribution in [0.1, 0.15) is 24.1 Å².